The van der Waals surface area contributed by atoms with Gasteiger partial charge in [-0.2, -0.15) is 5.10 Å². The first-order valence-electron chi connectivity index (χ1n) is 10.9. The van der Waals surface area contributed by atoms with Gasteiger partial charge in [-0.25, -0.2) is 9.67 Å². The van der Waals surface area contributed by atoms with Crippen LogP contribution in [-0.4, -0.2) is 96.5 Å². The van der Waals surface area contributed by atoms with E-state index >= 15 is 0 Å². The smallest absolute Gasteiger partial charge is 0.191 e. The zero-order valence-electron chi connectivity index (χ0n) is 18.5. The summed E-state index contributed by atoms with van der Waals surface area (Å²) < 4.78 is 7.16. The Balaban J connectivity index is 1.49. The zero-order valence-corrected chi connectivity index (χ0v) is 18.5. The molecule has 9 heteroatoms. The molecular formula is C20H38N8O. The molecule has 3 rings (SSSR count). The van der Waals surface area contributed by atoms with Crippen LogP contribution in [0, 0.1) is 5.92 Å². The van der Waals surface area contributed by atoms with Crippen LogP contribution in [0.25, 0.3) is 0 Å². The standard InChI is InChI=1S/C20H38N8O/c1-5-21-20(22-12-16(2)13-27-10-8-26(3)9-11-27)23-17-6-7-19-24-18(15-29-4)25-28(19)14-17/h16-17H,5-15H2,1-4H3,(H2,21,22,23). The van der Waals surface area contributed by atoms with Crippen molar-refractivity contribution in [3.8, 4) is 0 Å². The Morgan fingerprint density at radius 2 is 2.10 bits per heavy atom. The van der Waals surface area contributed by atoms with Crippen LogP contribution >= 0.6 is 0 Å². The molecule has 1 aromatic heterocycles. The molecule has 0 amide bonds. The molecule has 29 heavy (non-hydrogen) atoms. The number of aliphatic imine (C=N–C) groups is 1. The number of nitrogens with one attached hydrogen (secondary N) is 2. The Morgan fingerprint density at radius 1 is 1.31 bits per heavy atom. The fraction of sp³-hybridized carbons (Fsp3) is 0.850. The van der Waals surface area contributed by atoms with Gasteiger partial charge in [-0.15, -0.1) is 0 Å². The average Bonchev–Trinajstić information content (AvgIpc) is 3.10. The van der Waals surface area contributed by atoms with Crippen molar-refractivity contribution in [2.24, 2.45) is 10.9 Å². The van der Waals surface area contributed by atoms with Crippen LogP contribution in [0.15, 0.2) is 4.99 Å². The number of hydrogen-bond acceptors (Lipinski definition) is 6. The summed E-state index contributed by atoms with van der Waals surface area (Å²) in [4.78, 5) is 14.4. The molecular weight excluding hydrogens is 368 g/mol. The van der Waals surface area contributed by atoms with E-state index in [1.165, 1.54) is 0 Å². The van der Waals surface area contributed by atoms with E-state index in [-0.39, 0.29) is 0 Å². The van der Waals surface area contributed by atoms with Gasteiger partial charge in [-0.05, 0) is 26.3 Å². The van der Waals surface area contributed by atoms with Gasteiger partial charge < -0.3 is 25.2 Å². The number of guanidine groups is 1. The monoisotopic (exact) mass is 406 g/mol. The fourth-order valence-electron chi connectivity index (χ4n) is 3.96. The van der Waals surface area contributed by atoms with E-state index in [9.17, 15) is 0 Å². The minimum absolute atomic E-state index is 0.310. The summed E-state index contributed by atoms with van der Waals surface area (Å²) in [6.07, 6.45) is 1.96. The Hall–Kier alpha value is -1.71. The van der Waals surface area contributed by atoms with Gasteiger partial charge in [0.25, 0.3) is 0 Å². The molecule has 0 spiro atoms. The van der Waals surface area contributed by atoms with Gasteiger partial charge in [0.05, 0.1) is 6.54 Å². The van der Waals surface area contributed by atoms with E-state index in [0.29, 0.717) is 18.6 Å². The predicted octanol–water partition coefficient (Wildman–Crippen LogP) is 0.178. The van der Waals surface area contributed by atoms with E-state index in [0.717, 1.165) is 82.8 Å². The highest BCUT2D eigenvalue weighted by Gasteiger charge is 2.22. The Bertz CT molecular complexity index is 653. The van der Waals surface area contributed by atoms with Crippen LogP contribution in [0.1, 0.15) is 31.9 Å². The van der Waals surface area contributed by atoms with Gasteiger partial charge in [-0.1, -0.05) is 6.92 Å². The van der Waals surface area contributed by atoms with Crippen molar-refractivity contribution in [1.29, 1.82) is 0 Å². The third kappa shape index (κ3) is 6.65. The van der Waals surface area contributed by atoms with Gasteiger partial charge in [0.1, 0.15) is 12.4 Å². The summed E-state index contributed by atoms with van der Waals surface area (Å²) >= 11 is 0. The topological polar surface area (TPSA) is 82.8 Å². The maximum absolute atomic E-state index is 5.15. The lowest BCUT2D eigenvalue weighted by Crippen LogP contribution is -2.47. The summed E-state index contributed by atoms with van der Waals surface area (Å²) in [5.74, 6) is 3.27. The maximum atomic E-state index is 5.15. The summed E-state index contributed by atoms with van der Waals surface area (Å²) in [6.45, 7) is 13.1. The van der Waals surface area contributed by atoms with Crippen LogP contribution in [0.2, 0.25) is 0 Å². The number of aryl methyl sites for hydroxylation is 1. The Kier molecular flexibility index (Phi) is 8.26. The second kappa shape index (κ2) is 10.9. The molecule has 0 radical (unpaired) electrons. The molecule has 2 N–H and O–H groups in total. The lowest BCUT2D eigenvalue weighted by atomic mass is 10.1. The van der Waals surface area contributed by atoms with Crippen LogP contribution in [0.5, 0.6) is 0 Å². The van der Waals surface area contributed by atoms with Gasteiger partial charge >= 0.3 is 0 Å². The second-order valence-electron chi connectivity index (χ2n) is 8.37. The van der Waals surface area contributed by atoms with E-state index in [2.05, 4.69) is 51.4 Å². The normalized spacial score (nSPS) is 22.3. The van der Waals surface area contributed by atoms with Crippen molar-refractivity contribution in [1.82, 2.24) is 35.2 Å². The molecule has 1 aromatic rings. The second-order valence-corrected chi connectivity index (χ2v) is 8.37. The van der Waals surface area contributed by atoms with Gasteiger partial charge in [0.15, 0.2) is 11.8 Å². The van der Waals surface area contributed by atoms with Crippen molar-refractivity contribution in [3.05, 3.63) is 11.6 Å². The van der Waals surface area contributed by atoms with Crippen LogP contribution < -0.4 is 10.6 Å². The summed E-state index contributed by atoms with van der Waals surface area (Å²) in [7, 11) is 3.87. The van der Waals surface area contributed by atoms with Crippen molar-refractivity contribution >= 4 is 5.96 Å². The number of ether oxygens (including phenoxy) is 1. The zero-order chi connectivity index (χ0) is 20.6. The highest BCUT2D eigenvalue weighted by Crippen LogP contribution is 2.13. The molecule has 0 aliphatic carbocycles. The van der Waals surface area contributed by atoms with Gasteiger partial charge in [-0.3, -0.25) is 4.99 Å². The van der Waals surface area contributed by atoms with Crippen LogP contribution in [-0.2, 0) is 24.3 Å². The molecule has 2 aliphatic heterocycles. The number of methoxy groups -OCH3 is 1. The Labute approximate surface area is 174 Å². The first-order valence-corrected chi connectivity index (χ1v) is 10.9. The first kappa shape index (κ1) is 22.0. The van der Waals surface area contributed by atoms with E-state index in [1.807, 2.05) is 4.68 Å². The number of piperazine rings is 1. The number of hydrogen-bond donors (Lipinski definition) is 2. The summed E-state index contributed by atoms with van der Waals surface area (Å²) in [5, 5.41) is 11.6. The van der Waals surface area contributed by atoms with E-state index in [4.69, 9.17) is 9.73 Å². The maximum Gasteiger partial charge on any atom is 0.191 e. The van der Waals surface area contributed by atoms with Crippen LogP contribution in [0.3, 0.4) is 0 Å². The highest BCUT2D eigenvalue weighted by molar-refractivity contribution is 5.80. The summed E-state index contributed by atoms with van der Waals surface area (Å²) in [6, 6.07) is 0.310. The lowest BCUT2D eigenvalue weighted by molar-refractivity contribution is 0.140. The van der Waals surface area contributed by atoms with Crippen molar-refractivity contribution in [2.45, 2.75) is 45.9 Å². The molecule has 0 saturated carbocycles. The van der Waals surface area contributed by atoms with Crippen LogP contribution in [0.4, 0.5) is 0 Å². The molecule has 3 heterocycles. The number of aromatic nitrogens is 3. The molecule has 0 bridgehead atoms. The average molecular weight is 407 g/mol. The number of rotatable bonds is 8. The minimum atomic E-state index is 0.310. The molecule has 0 aromatic carbocycles. The molecule has 2 atom stereocenters. The van der Waals surface area contributed by atoms with E-state index in [1.54, 1.807) is 7.11 Å². The predicted molar refractivity (Wildman–Crippen MR) is 115 cm³/mol. The largest absolute Gasteiger partial charge is 0.377 e. The van der Waals surface area contributed by atoms with Crippen molar-refractivity contribution in [2.75, 3.05) is 60.0 Å². The van der Waals surface area contributed by atoms with Crippen molar-refractivity contribution in [3.63, 3.8) is 0 Å². The fourth-order valence-corrected chi connectivity index (χ4v) is 3.96. The molecule has 2 unspecified atom stereocenters. The molecule has 9 nitrogen and oxygen atoms in total. The number of nitrogens with zero attached hydrogens (tertiary/aromatic N) is 6. The third-order valence-corrected chi connectivity index (χ3v) is 5.59. The van der Waals surface area contributed by atoms with Gasteiger partial charge in [0, 0.05) is 65.4 Å². The SMILES string of the molecule is CCNC(=NCC(C)CN1CCN(C)CC1)NC1CCc2nc(COC)nn2C1. The minimum Gasteiger partial charge on any atom is -0.377 e. The van der Waals surface area contributed by atoms with Crippen molar-refractivity contribution < 1.29 is 4.74 Å². The van der Waals surface area contributed by atoms with Gasteiger partial charge in [0.2, 0.25) is 0 Å². The quantitative estimate of drug-likeness (QED) is 0.471. The molecule has 1 saturated heterocycles. The lowest BCUT2D eigenvalue weighted by Gasteiger charge is -2.33. The third-order valence-electron chi connectivity index (χ3n) is 5.59. The first-order chi connectivity index (χ1) is 14.1. The molecule has 2 aliphatic rings. The van der Waals surface area contributed by atoms with E-state index < -0.39 is 0 Å². The molecule has 1 fully saturated rings. The molecule has 164 valence electrons. The Morgan fingerprint density at radius 3 is 2.83 bits per heavy atom. The number of likely N-dealkylation sites (N-methyl/N-ethyl adjacent to an activating group) is 1. The highest BCUT2D eigenvalue weighted by atomic mass is 16.5. The number of fused-ring (bicyclic) bond motifs is 1. The summed E-state index contributed by atoms with van der Waals surface area (Å²) in [5.41, 5.74) is 0.